The average Bonchev–Trinajstić information content (AvgIpc) is 2.08. The number of quaternary nitrogens is 1. The predicted molar refractivity (Wildman–Crippen MR) is 56.3 cm³/mol. The highest BCUT2D eigenvalue weighted by atomic mass is 16.4. The molecular formula is C10H20N2O4. The third-order valence-electron chi connectivity index (χ3n) is 2.52. The molecule has 0 aliphatic heterocycles. The fourth-order valence-corrected chi connectivity index (χ4v) is 1.48. The van der Waals surface area contributed by atoms with Crippen LogP contribution in [0.5, 0.6) is 0 Å². The van der Waals surface area contributed by atoms with Crippen molar-refractivity contribution in [3.8, 4) is 0 Å². The first-order valence-electron chi connectivity index (χ1n) is 5.16. The van der Waals surface area contributed by atoms with Gasteiger partial charge < -0.3 is 25.2 Å². The first-order valence-corrected chi connectivity index (χ1v) is 5.16. The molecule has 0 spiro atoms. The van der Waals surface area contributed by atoms with E-state index in [0.717, 1.165) is 0 Å². The Balaban J connectivity index is 4.15. The van der Waals surface area contributed by atoms with E-state index in [0.29, 0.717) is 12.8 Å². The maximum absolute atomic E-state index is 10.9. The van der Waals surface area contributed by atoms with Crippen molar-refractivity contribution in [1.82, 2.24) is 0 Å². The Hall–Kier alpha value is -1.14. The second-order valence-corrected chi connectivity index (χ2v) is 4.83. The summed E-state index contributed by atoms with van der Waals surface area (Å²) in [5.74, 6) is -2.17. The summed E-state index contributed by atoms with van der Waals surface area (Å²) in [7, 11) is 5.28. The van der Waals surface area contributed by atoms with Gasteiger partial charge in [0.1, 0.15) is 12.1 Å². The van der Waals surface area contributed by atoms with Crippen LogP contribution in [0.4, 0.5) is 0 Å². The molecule has 0 radical (unpaired) electrons. The molecule has 0 amide bonds. The Morgan fingerprint density at radius 3 is 2.12 bits per heavy atom. The summed E-state index contributed by atoms with van der Waals surface area (Å²) in [6.45, 7) is 0. The van der Waals surface area contributed by atoms with E-state index in [9.17, 15) is 14.7 Å². The first kappa shape index (κ1) is 14.9. The molecule has 6 nitrogen and oxygen atoms in total. The van der Waals surface area contributed by atoms with E-state index in [1.54, 1.807) is 21.1 Å². The van der Waals surface area contributed by atoms with E-state index in [-0.39, 0.29) is 10.9 Å². The van der Waals surface area contributed by atoms with Gasteiger partial charge in [-0.15, -0.1) is 0 Å². The number of carboxylic acid groups (broad SMARTS) is 2. The molecule has 3 N–H and O–H groups in total. The van der Waals surface area contributed by atoms with E-state index >= 15 is 0 Å². The van der Waals surface area contributed by atoms with E-state index < -0.39 is 24.0 Å². The lowest BCUT2D eigenvalue weighted by atomic mass is 10.0. The van der Waals surface area contributed by atoms with Crippen LogP contribution in [0.15, 0.2) is 0 Å². The minimum Gasteiger partial charge on any atom is -0.544 e. The van der Waals surface area contributed by atoms with Crippen LogP contribution in [0.1, 0.15) is 19.3 Å². The van der Waals surface area contributed by atoms with Crippen LogP contribution in [0.25, 0.3) is 0 Å². The van der Waals surface area contributed by atoms with E-state index in [1.807, 2.05) is 0 Å². The standard InChI is InChI=1S/C10H20N2O4/c1-12(2,3)8(10(15)16)6-4-5-7(11)9(13)14/h7-8H,4-6,11H2,1-3H3,(H-,13,14,15,16). The minimum atomic E-state index is -1.11. The van der Waals surface area contributed by atoms with Crippen molar-refractivity contribution < 1.29 is 24.3 Å². The van der Waals surface area contributed by atoms with Crippen molar-refractivity contribution in [3.05, 3.63) is 0 Å². The quantitative estimate of drug-likeness (QED) is 0.514. The molecule has 2 unspecified atom stereocenters. The van der Waals surface area contributed by atoms with Crippen LogP contribution in [0.3, 0.4) is 0 Å². The summed E-state index contributed by atoms with van der Waals surface area (Å²) >= 11 is 0. The van der Waals surface area contributed by atoms with Gasteiger partial charge in [-0.2, -0.15) is 0 Å². The van der Waals surface area contributed by atoms with Crippen LogP contribution in [0, 0.1) is 0 Å². The van der Waals surface area contributed by atoms with Gasteiger partial charge in [0.25, 0.3) is 0 Å². The summed E-state index contributed by atoms with van der Waals surface area (Å²) < 4.78 is 0.255. The maximum Gasteiger partial charge on any atom is 0.320 e. The van der Waals surface area contributed by atoms with Gasteiger partial charge in [0, 0.05) is 6.42 Å². The van der Waals surface area contributed by atoms with Crippen LogP contribution < -0.4 is 10.8 Å². The topological polar surface area (TPSA) is 103 Å². The van der Waals surface area contributed by atoms with E-state index in [4.69, 9.17) is 10.8 Å². The summed E-state index contributed by atoms with van der Waals surface area (Å²) in [6, 6.07) is -1.56. The molecule has 0 heterocycles. The van der Waals surface area contributed by atoms with Crippen LogP contribution in [-0.2, 0) is 9.59 Å². The third kappa shape index (κ3) is 5.09. The Morgan fingerprint density at radius 1 is 1.31 bits per heavy atom. The Labute approximate surface area is 95.2 Å². The number of aliphatic carboxylic acids is 2. The van der Waals surface area contributed by atoms with Gasteiger partial charge in [-0.1, -0.05) is 0 Å². The van der Waals surface area contributed by atoms with Crippen molar-refractivity contribution >= 4 is 11.9 Å². The Bertz CT molecular complexity index is 260. The number of likely N-dealkylation sites (N-methyl/N-ethyl adjacent to an activating group) is 1. The monoisotopic (exact) mass is 232 g/mol. The van der Waals surface area contributed by atoms with Crippen LogP contribution >= 0.6 is 0 Å². The zero-order chi connectivity index (χ0) is 12.9. The number of hydrogen-bond donors (Lipinski definition) is 2. The van der Waals surface area contributed by atoms with Crippen LogP contribution in [-0.4, -0.2) is 54.8 Å². The SMILES string of the molecule is C[N+](C)(C)C(CCCC(N)C(=O)O)C(=O)[O-]. The molecule has 0 aromatic carbocycles. The number of nitrogens with two attached hydrogens (primary N) is 1. The predicted octanol–water partition coefficient (Wildman–Crippen LogP) is -1.61. The highest BCUT2D eigenvalue weighted by molar-refractivity contribution is 5.73. The van der Waals surface area contributed by atoms with Crippen LogP contribution in [0.2, 0.25) is 0 Å². The second kappa shape index (κ2) is 5.81. The molecule has 0 saturated carbocycles. The van der Waals surface area contributed by atoms with Gasteiger partial charge in [0.05, 0.1) is 27.1 Å². The smallest absolute Gasteiger partial charge is 0.320 e. The maximum atomic E-state index is 10.9. The van der Waals surface area contributed by atoms with E-state index in [1.165, 1.54) is 0 Å². The number of carboxylic acids is 2. The van der Waals surface area contributed by atoms with Gasteiger partial charge in [-0.3, -0.25) is 4.79 Å². The van der Waals surface area contributed by atoms with Crippen molar-refractivity contribution in [1.29, 1.82) is 0 Å². The lowest BCUT2D eigenvalue weighted by Gasteiger charge is -2.34. The molecule has 2 atom stereocenters. The zero-order valence-electron chi connectivity index (χ0n) is 9.97. The Kier molecular flexibility index (Phi) is 5.40. The normalized spacial score (nSPS) is 15.5. The molecule has 0 aromatic heterocycles. The molecule has 0 saturated heterocycles. The number of rotatable bonds is 7. The summed E-state index contributed by atoms with van der Waals surface area (Å²) in [4.78, 5) is 21.3. The zero-order valence-corrected chi connectivity index (χ0v) is 9.97. The molecule has 6 heteroatoms. The molecule has 94 valence electrons. The number of hydrogen-bond acceptors (Lipinski definition) is 4. The molecule has 16 heavy (non-hydrogen) atoms. The molecule has 0 fully saturated rings. The minimum absolute atomic E-state index is 0.255. The molecule has 0 aromatic rings. The Morgan fingerprint density at radius 2 is 1.81 bits per heavy atom. The van der Waals surface area contributed by atoms with E-state index in [2.05, 4.69) is 0 Å². The fraction of sp³-hybridized carbons (Fsp3) is 0.800. The van der Waals surface area contributed by atoms with Crippen molar-refractivity contribution in [2.45, 2.75) is 31.3 Å². The van der Waals surface area contributed by atoms with Gasteiger partial charge in [0.2, 0.25) is 0 Å². The molecular weight excluding hydrogens is 212 g/mol. The average molecular weight is 232 g/mol. The highest BCUT2D eigenvalue weighted by Crippen LogP contribution is 2.11. The lowest BCUT2D eigenvalue weighted by molar-refractivity contribution is -0.889. The summed E-state index contributed by atoms with van der Waals surface area (Å²) in [6.07, 6.45) is 1.10. The van der Waals surface area contributed by atoms with Crippen molar-refractivity contribution in [2.75, 3.05) is 21.1 Å². The number of nitrogens with zero attached hydrogens (tertiary/aromatic N) is 1. The van der Waals surface area contributed by atoms with Crippen molar-refractivity contribution in [3.63, 3.8) is 0 Å². The first-order chi connectivity index (χ1) is 7.16. The van der Waals surface area contributed by atoms with Gasteiger partial charge in [-0.05, 0) is 12.8 Å². The van der Waals surface area contributed by atoms with Gasteiger partial charge >= 0.3 is 5.97 Å². The number of carbonyl (C=O) groups is 2. The lowest BCUT2D eigenvalue weighted by Crippen LogP contribution is -2.54. The highest BCUT2D eigenvalue weighted by Gasteiger charge is 2.25. The summed E-state index contributed by atoms with van der Waals surface area (Å²) in [5, 5.41) is 19.4. The molecule has 0 aliphatic rings. The van der Waals surface area contributed by atoms with Gasteiger partial charge in [0.15, 0.2) is 0 Å². The molecule has 0 rings (SSSR count). The number of carbonyl (C=O) groups excluding carboxylic acids is 1. The third-order valence-corrected chi connectivity index (χ3v) is 2.52. The summed E-state index contributed by atoms with van der Waals surface area (Å²) in [5.41, 5.74) is 5.32. The fourth-order valence-electron chi connectivity index (χ4n) is 1.48. The largest absolute Gasteiger partial charge is 0.544 e. The van der Waals surface area contributed by atoms with Crippen molar-refractivity contribution in [2.24, 2.45) is 5.73 Å². The van der Waals surface area contributed by atoms with Gasteiger partial charge in [-0.25, -0.2) is 0 Å². The second-order valence-electron chi connectivity index (χ2n) is 4.83. The molecule has 0 bridgehead atoms. The molecule has 0 aliphatic carbocycles.